The van der Waals surface area contributed by atoms with Gasteiger partial charge in [0.05, 0.1) is 6.54 Å². The van der Waals surface area contributed by atoms with Gasteiger partial charge in [-0.3, -0.25) is 4.99 Å². The maximum Gasteiger partial charge on any atom is 0.191 e. The molecule has 7 heteroatoms. The van der Waals surface area contributed by atoms with Crippen molar-refractivity contribution in [3.8, 4) is 0 Å². The Bertz CT molecular complexity index is 508. The van der Waals surface area contributed by atoms with Crippen LogP contribution in [0.1, 0.15) is 37.8 Å². The Morgan fingerprint density at radius 2 is 2.14 bits per heavy atom. The number of methoxy groups -OCH3 is 1. The lowest BCUT2D eigenvalue weighted by Gasteiger charge is -2.25. The van der Waals surface area contributed by atoms with Crippen molar-refractivity contribution in [3.63, 3.8) is 0 Å². The number of nitrogens with zero attached hydrogens (tertiary/aromatic N) is 4. The standard InChI is InChI=1S/C14H24N6O/c1-3-15-14(16-10-4-5-10)17-11-6-7-13-18-12(9-21-2)19-20(13)8-11/h10-11H,3-9H2,1-2H3,(H2,15,16,17). The van der Waals surface area contributed by atoms with E-state index in [4.69, 9.17) is 4.74 Å². The van der Waals surface area contributed by atoms with Crippen LogP contribution in [-0.4, -0.2) is 46.5 Å². The average Bonchev–Trinajstić information content (AvgIpc) is 3.17. The summed E-state index contributed by atoms with van der Waals surface area (Å²) in [5.41, 5.74) is 0. The number of ether oxygens (including phenoxy) is 1. The van der Waals surface area contributed by atoms with Crippen LogP contribution in [-0.2, 0) is 24.3 Å². The van der Waals surface area contributed by atoms with Gasteiger partial charge in [0.2, 0.25) is 0 Å². The topological polar surface area (TPSA) is 76.4 Å². The predicted octanol–water partition coefficient (Wildman–Crippen LogP) is 0.457. The van der Waals surface area contributed by atoms with Crippen molar-refractivity contribution in [1.29, 1.82) is 0 Å². The molecule has 1 aromatic rings. The van der Waals surface area contributed by atoms with E-state index in [-0.39, 0.29) is 0 Å². The molecule has 2 aliphatic rings. The van der Waals surface area contributed by atoms with Gasteiger partial charge in [0.15, 0.2) is 11.8 Å². The predicted molar refractivity (Wildman–Crippen MR) is 80.1 cm³/mol. The molecule has 0 bridgehead atoms. The average molecular weight is 292 g/mol. The van der Waals surface area contributed by atoms with Crippen LogP contribution in [0.3, 0.4) is 0 Å². The van der Waals surface area contributed by atoms with Crippen LogP contribution in [0.5, 0.6) is 0 Å². The van der Waals surface area contributed by atoms with E-state index in [1.807, 2.05) is 4.68 Å². The normalized spacial score (nSPS) is 22.0. The molecule has 3 rings (SSSR count). The first-order chi connectivity index (χ1) is 10.3. The van der Waals surface area contributed by atoms with E-state index in [0.29, 0.717) is 18.7 Å². The summed E-state index contributed by atoms with van der Waals surface area (Å²) in [4.78, 5) is 9.02. The number of hydrogen-bond donors (Lipinski definition) is 2. The number of rotatable bonds is 5. The highest BCUT2D eigenvalue weighted by Crippen LogP contribution is 2.19. The molecule has 1 aromatic heterocycles. The minimum Gasteiger partial charge on any atom is -0.377 e. The molecule has 1 atom stereocenters. The van der Waals surface area contributed by atoms with E-state index in [1.165, 1.54) is 12.8 Å². The van der Waals surface area contributed by atoms with Crippen LogP contribution in [0.4, 0.5) is 0 Å². The maximum absolute atomic E-state index is 5.10. The minimum atomic E-state index is 0.353. The van der Waals surface area contributed by atoms with E-state index in [2.05, 4.69) is 32.6 Å². The molecule has 7 nitrogen and oxygen atoms in total. The lowest BCUT2D eigenvalue weighted by Crippen LogP contribution is -2.47. The molecule has 1 fully saturated rings. The summed E-state index contributed by atoms with van der Waals surface area (Å²) < 4.78 is 7.09. The van der Waals surface area contributed by atoms with Crippen molar-refractivity contribution in [2.24, 2.45) is 4.99 Å². The molecule has 2 heterocycles. The summed E-state index contributed by atoms with van der Waals surface area (Å²) in [5, 5.41) is 11.5. The van der Waals surface area contributed by atoms with Crippen LogP contribution in [0, 0.1) is 0 Å². The summed E-state index contributed by atoms with van der Waals surface area (Å²) in [6.45, 7) is 4.16. The lowest BCUT2D eigenvalue weighted by atomic mass is 10.1. The Kier molecular flexibility index (Phi) is 4.38. The Morgan fingerprint density at radius 3 is 2.86 bits per heavy atom. The van der Waals surface area contributed by atoms with Gasteiger partial charge >= 0.3 is 0 Å². The highest BCUT2D eigenvalue weighted by Gasteiger charge is 2.25. The fraction of sp³-hybridized carbons (Fsp3) is 0.786. The molecule has 21 heavy (non-hydrogen) atoms. The van der Waals surface area contributed by atoms with Crippen molar-refractivity contribution < 1.29 is 4.74 Å². The van der Waals surface area contributed by atoms with Gasteiger partial charge in [-0.25, -0.2) is 9.67 Å². The summed E-state index contributed by atoms with van der Waals surface area (Å²) >= 11 is 0. The SMILES string of the molecule is CCN=C(NC1CC1)NC1CCc2nc(COC)nn2C1. The maximum atomic E-state index is 5.10. The van der Waals surface area contributed by atoms with Gasteiger partial charge in [-0.15, -0.1) is 0 Å². The van der Waals surface area contributed by atoms with Crippen LogP contribution in [0.25, 0.3) is 0 Å². The van der Waals surface area contributed by atoms with Gasteiger partial charge in [0.1, 0.15) is 12.4 Å². The Labute approximate surface area is 125 Å². The van der Waals surface area contributed by atoms with Gasteiger partial charge < -0.3 is 15.4 Å². The smallest absolute Gasteiger partial charge is 0.191 e. The van der Waals surface area contributed by atoms with Gasteiger partial charge in [-0.1, -0.05) is 0 Å². The van der Waals surface area contributed by atoms with Crippen molar-refractivity contribution in [1.82, 2.24) is 25.4 Å². The third-order valence-electron chi connectivity index (χ3n) is 3.75. The highest BCUT2D eigenvalue weighted by atomic mass is 16.5. The number of guanidine groups is 1. The minimum absolute atomic E-state index is 0.353. The fourth-order valence-corrected chi connectivity index (χ4v) is 2.57. The van der Waals surface area contributed by atoms with E-state index in [1.54, 1.807) is 7.11 Å². The van der Waals surface area contributed by atoms with Gasteiger partial charge in [-0.2, -0.15) is 5.10 Å². The Hall–Kier alpha value is -1.63. The number of hydrogen-bond acceptors (Lipinski definition) is 4. The van der Waals surface area contributed by atoms with Crippen LogP contribution < -0.4 is 10.6 Å². The third-order valence-corrected chi connectivity index (χ3v) is 3.75. The van der Waals surface area contributed by atoms with E-state index >= 15 is 0 Å². The number of aliphatic imine (C=N–C) groups is 1. The van der Waals surface area contributed by atoms with E-state index < -0.39 is 0 Å². The van der Waals surface area contributed by atoms with E-state index in [0.717, 1.165) is 43.5 Å². The van der Waals surface area contributed by atoms with Crippen LogP contribution in [0.15, 0.2) is 4.99 Å². The first-order valence-electron chi connectivity index (χ1n) is 7.77. The largest absolute Gasteiger partial charge is 0.377 e. The molecule has 1 aliphatic carbocycles. The first kappa shape index (κ1) is 14.3. The van der Waals surface area contributed by atoms with Gasteiger partial charge in [0, 0.05) is 32.2 Å². The van der Waals surface area contributed by atoms with Crippen molar-refractivity contribution >= 4 is 5.96 Å². The second-order valence-electron chi connectivity index (χ2n) is 5.68. The fourth-order valence-electron chi connectivity index (χ4n) is 2.57. The summed E-state index contributed by atoms with van der Waals surface area (Å²) in [7, 11) is 1.67. The molecular formula is C14H24N6O. The zero-order valence-electron chi connectivity index (χ0n) is 12.8. The molecule has 0 radical (unpaired) electrons. The molecule has 0 aromatic carbocycles. The van der Waals surface area contributed by atoms with Gasteiger partial charge in [0.25, 0.3) is 0 Å². The number of aryl methyl sites for hydroxylation is 1. The van der Waals surface area contributed by atoms with Crippen LogP contribution >= 0.6 is 0 Å². The number of aromatic nitrogens is 3. The number of fused-ring (bicyclic) bond motifs is 1. The quantitative estimate of drug-likeness (QED) is 0.609. The molecule has 116 valence electrons. The first-order valence-corrected chi connectivity index (χ1v) is 7.77. The molecule has 0 amide bonds. The lowest BCUT2D eigenvalue weighted by molar-refractivity contribution is 0.177. The molecular weight excluding hydrogens is 268 g/mol. The Morgan fingerprint density at radius 1 is 1.33 bits per heavy atom. The highest BCUT2D eigenvalue weighted by molar-refractivity contribution is 5.80. The Balaban J connectivity index is 1.60. The van der Waals surface area contributed by atoms with Crippen LogP contribution in [0.2, 0.25) is 0 Å². The van der Waals surface area contributed by atoms with Crippen molar-refractivity contribution in [2.75, 3.05) is 13.7 Å². The third kappa shape index (κ3) is 3.72. The van der Waals surface area contributed by atoms with Crippen molar-refractivity contribution in [3.05, 3.63) is 11.6 Å². The summed E-state index contributed by atoms with van der Waals surface area (Å²) in [6.07, 6.45) is 4.50. The summed E-state index contributed by atoms with van der Waals surface area (Å²) in [5.74, 6) is 2.77. The molecule has 1 aliphatic heterocycles. The molecule has 2 N–H and O–H groups in total. The molecule has 0 saturated heterocycles. The number of nitrogens with one attached hydrogen (secondary N) is 2. The molecule has 0 spiro atoms. The van der Waals surface area contributed by atoms with Gasteiger partial charge in [-0.05, 0) is 26.2 Å². The zero-order valence-corrected chi connectivity index (χ0v) is 12.8. The van der Waals surface area contributed by atoms with E-state index in [9.17, 15) is 0 Å². The molecule has 1 saturated carbocycles. The second-order valence-corrected chi connectivity index (χ2v) is 5.68. The van der Waals surface area contributed by atoms with Crippen molar-refractivity contribution in [2.45, 2.75) is 57.8 Å². The zero-order chi connectivity index (χ0) is 14.7. The monoisotopic (exact) mass is 292 g/mol. The molecule has 1 unspecified atom stereocenters. The second kappa shape index (κ2) is 6.43. The summed E-state index contributed by atoms with van der Waals surface area (Å²) in [6, 6.07) is 0.966.